The van der Waals surface area contributed by atoms with Crippen molar-refractivity contribution < 1.29 is 14.7 Å². The quantitative estimate of drug-likeness (QED) is 0.612. The van der Waals surface area contributed by atoms with E-state index in [4.69, 9.17) is 5.11 Å². The fourth-order valence-electron chi connectivity index (χ4n) is 2.81. The molecule has 2 unspecified atom stereocenters. The number of hydrogen-bond donors (Lipinski definition) is 3. The topological polar surface area (TPSA) is 78.4 Å². The molecule has 21 heavy (non-hydrogen) atoms. The molecule has 0 saturated heterocycles. The van der Waals surface area contributed by atoms with Crippen LogP contribution in [0.25, 0.3) is 0 Å². The van der Waals surface area contributed by atoms with Crippen molar-refractivity contribution in [3.8, 4) is 0 Å². The zero-order chi connectivity index (χ0) is 15.8. The highest BCUT2D eigenvalue weighted by atomic mass is 16.4. The zero-order valence-corrected chi connectivity index (χ0v) is 13.5. The van der Waals surface area contributed by atoms with Crippen LogP contribution in [-0.4, -0.2) is 29.7 Å². The summed E-state index contributed by atoms with van der Waals surface area (Å²) in [5.74, 6) is 0.656. The molecule has 1 aliphatic carbocycles. The Labute approximate surface area is 127 Å². The lowest BCUT2D eigenvalue weighted by Crippen LogP contribution is -2.46. The molecule has 1 fully saturated rings. The van der Waals surface area contributed by atoms with Crippen LogP contribution in [0.15, 0.2) is 0 Å². The number of carbonyl (C=O) groups excluding carboxylic acids is 1. The molecule has 0 spiro atoms. The monoisotopic (exact) mass is 298 g/mol. The Morgan fingerprint density at radius 3 is 2.33 bits per heavy atom. The minimum absolute atomic E-state index is 0.102. The smallest absolute Gasteiger partial charge is 0.315 e. The number of rotatable bonds is 9. The number of carboxylic acid groups (broad SMARTS) is 1. The minimum Gasteiger partial charge on any atom is -0.481 e. The summed E-state index contributed by atoms with van der Waals surface area (Å²) in [4.78, 5) is 22.4. The molecule has 0 aromatic rings. The highest BCUT2D eigenvalue weighted by molar-refractivity contribution is 5.74. The van der Waals surface area contributed by atoms with Crippen LogP contribution < -0.4 is 10.6 Å². The molecule has 2 amide bonds. The number of nitrogens with one attached hydrogen (secondary N) is 2. The maximum atomic E-state index is 11.8. The molecule has 1 rings (SSSR count). The molecule has 0 aromatic heterocycles. The molecule has 0 radical (unpaired) electrons. The fraction of sp³-hybridized carbons (Fsp3) is 0.875. The Kier molecular flexibility index (Phi) is 7.54. The molecule has 0 aliphatic heterocycles. The van der Waals surface area contributed by atoms with Gasteiger partial charge in [-0.3, -0.25) is 4.79 Å². The maximum absolute atomic E-state index is 11.8. The third kappa shape index (κ3) is 6.82. The first-order valence-electron chi connectivity index (χ1n) is 8.16. The standard InChI is InChI=1S/C16H30N2O3/c1-11(2)13(7-8-15(19)20)9-10-17-16(21)18-12(3)14-5-4-6-14/h11-14H,4-10H2,1-3H3,(H,19,20)(H2,17,18,21). The predicted octanol–water partition coefficient (Wildman–Crippen LogP) is 3.00. The van der Waals surface area contributed by atoms with E-state index in [0.29, 0.717) is 30.7 Å². The van der Waals surface area contributed by atoms with E-state index >= 15 is 0 Å². The van der Waals surface area contributed by atoms with Crippen LogP contribution >= 0.6 is 0 Å². The third-order valence-corrected chi connectivity index (χ3v) is 4.69. The van der Waals surface area contributed by atoms with Crippen LogP contribution in [0, 0.1) is 17.8 Å². The van der Waals surface area contributed by atoms with E-state index in [9.17, 15) is 9.59 Å². The molecule has 5 nitrogen and oxygen atoms in total. The second-order valence-electron chi connectivity index (χ2n) is 6.61. The van der Waals surface area contributed by atoms with E-state index < -0.39 is 5.97 Å². The van der Waals surface area contributed by atoms with Crippen molar-refractivity contribution in [1.82, 2.24) is 10.6 Å². The number of amides is 2. The van der Waals surface area contributed by atoms with Crippen molar-refractivity contribution in [3.05, 3.63) is 0 Å². The molecule has 5 heteroatoms. The molecule has 0 heterocycles. The average molecular weight is 298 g/mol. The first kappa shape index (κ1) is 17.8. The predicted molar refractivity (Wildman–Crippen MR) is 83.2 cm³/mol. The molecule has 2 atom stereocenters. The molecule has 1 aliphatic rings. The summed E-state index contributed by atoms with van der Waals surface area (Å²) in [6, 6.07) is 0.141. The Balaban J connectivity index is 2.19. The lowest BCUT2D eigenvalue weighted by Gasteiger charge is -2.31. The summed E-state index contributed by atoms with van der Waals surface area (Å²) in [5.41, 5.74) is 0. The van der Waals surface area contributed by atoms with E-state index in [2.05, 4.69) is 31.4 Å². The second-order valence-corrected chi connectivity index (χ2v) is 6.61. The number of aliphatic carboxylic acids is 1. The van der Waals surface area contributed by atoms with Crippen molar-refractivity contribution >= 4 is 12.0 Å². The van der Waals surface area contributed by atoms with E-state index in [1.54, 1.807) is 0 Å². The molecule has 122 valence electrons. The van der Waals surface area contributed by atoms with Gasteiger partial charge in [-0.25, -0.2) is 4.79 Å². The van der Waals surface area contributed by atoms with E-state index in [1.807, 2.05) is 0 Å². The lowest BCUT2D eigenvalue weighted by molar-refractivity contribution is -0.137. The van der Waals surface area contributed by atoms with Gasteiger partial charge in [-0.15, -0.1) is 0 Å². The molecular formula is C16H30N2O3. The van der Waals surface area contributed by atoms with Gasteiger partial charge in [0.05, 0.1) is 0 Å². The van der Waals surface area contributed by atoms with Crippen LogP contribution in [-0.2, 0) is 4.79 Å². The molecule has 0 bridgehead atoms. The number of carbonyl (C=O) groups is 2. The third-order valence-electron chi connectivity index (χ3n) is 4.69. The Hall–Kier alpha value is -1.26. The van der Waals surface area contributed by atoms with Gasteiger partial charge in [0.1, 0.15) is 0 Å². The SMILES string of the molecule is CC(C)C(CCNC(=O)NC(C)C1CCC1)CCC(=O)O. The summed E-state index contributed by atoms with van der Waals surface area (Å²) in [6.45, 7) is 6.87. The Morgan fingerprint density at radius 1 is 1.19 bits per heavy atom. The summed E-state index contributed by atoms with van der Waals surface area (Å²) in [6.07, 6.45) is 5.41. The summed E-state index contributed by atoms with van der Waals surface area (Å²) >= 11 is 0. The molecule has 0 aromatic carbocycles. The summed E-state index contributed by atoms with van der Waals surface area (Å²) < 4.78 is 0. The largest absolute Gasteiger partial charge is 0.481 e. The first-order valence-corrected chi connectivity index (χ1v) is 8.16. The van der Waals surface area contributed by atoms with E-state index in [0.717, 1.165) is 6.42 Å². The van der Waals surface area contributed by atoms with Gasteiger partial charge in [0.15, 0.2) is 0 Å². The molecule has 3 N–H and O–H groups in total. The summed E-state index contributed by atoms with van der Waals surface area (Å²) in [5, 5.41) is 14.6. The number of urea groups is 1. The van der Waals surface area contributed by atoms with Crippen molar-refractivity contribution in [1.29, 1.82) is 0 Å². The van der Waals surface area contributed by atoms with Gasteiger partial charge >= 0.3 is 12.0 Å². The van der Waals surface area contributed by atoms with E-state index in [1.165, 1.54) is 19.3 Å². The minimum atomic E-state index is -0.749. The number of hydrogen-bond acceptors (Lipinski definition) is 2. The zero-order valence-electron chi connectivity index (χ0n) is 13.5. The van der Waals surface area contributed by atoms with Crippen LogP contribution in [0.4, 0.5) is 4.79 Å². The van der Waals surface area contributed by atoms with Crippen molar-refractivity contribution in [2.45, 2.75) is 65.3 Å². The Bertz CT molecular complexity index is 340. The maximum Gasteiger partial charge on any atom is 0.315 e. The number of carboxylic acids is 1. The van der Waals surface area contributed by atoms with Crippen molar-refractivity contribution in [3.63, 3.8) is 0 Å². The van der Waals surface area contributed by atoms with Gasteiger partial charge in [-0.1, -0.05) is 20.3 Å². The molecule has 1 saturated carbocycles. The highest BCUT2D eigenvalue weighted by Crippen LogP contribution is 2.29. The van der Waals surface area contributed by atoms with Gasteiger partial charge in [-0.2, -0.15) is 0 Å². The van der Waals surface area contributed by atoms with Gasteiger partial charge in [-0.05, 0) is 50.4 Å². The fourth-order valence-corrected chi connectivity index (χ4v) is 2.81. The van der Waals surface area contributed by atoms with Crippen molar-refractivity contribution in [2.75, 3.05) is 6.54 Å². The first-order chi connectivity index (χ1) is 9.90. The van der Waals surface area contributed by atoms with Crippen molar-refractivity contribution in [2.24, 2.45) is 17.8 Å². The normalized spacial score (nSPS) is 17.9. The summed E-state index contributed by atoms with van der Waals surface area (Å²) in [7, 11) is 0. The Morgan fingerprint density at radius 2 is 1.86 bits per heavy atom. The van der Waals surface area contributed by atoms with E-state index in [-0.39, 0.29) is 18.5 Å². The molecular weight excluding hydrogens is 268 g/mol. The van der Waals surface area contributed by atoms with Crippen LogP contribution in [0.3, 0.4) is 0 Å². The lowest BCUT2D eigenvalue weighted by atomic mass is 9.80. The van der Waals surface area contributed by atoms with Gasteiger partial charge in [0, 0.05) is 19.0 Å². The van der Waals surface area contributed by atoms with Crippen LogP contribution in [0.2, 0.25) is 0 Å². The van der Waals surface area contributed by atoms with Gasteiger partial charge < -0.3 is 15.7 Å². The van der Waals surface area contributed by atoms with Crippen LogP contribution in [0.1, 0.15) is 59.3 Å². The van der Waals surface area contributed by atoms with Crippen LogP contribution in [0.5, 0.6) is 0 Å². The van der Waals surface area contributed by atoms with Gasteiger partial charge in [0.25, 0.3) is 0 Å². The van der Waals surface area contributed by atoms with Gasteiger partial charge in [0.2, 0.25) is 0 Å². The second kappa shape index (κ2) is 8.90. The highest BCUT2D eigenvalue weighted by Gasteiger charge is 2.24. The average Bonchev–Trinajstić information content (AvgIpc) is 2.30.